The van der Waals surface area contributed by atoms with Gasteiger partial charge in [-0.3, -0.25) is 9.29 Å². The van der Waals surface area contributed by atoms with Crippen molar-refractivity contribution < 1.29 is 23.2 Å². The molecule has 0 saturated heterocycles. The van der Waals surface area contributed by atoms with Crippen molar-refractivity contribution in [1.29, 1.82) is 0 Å². The molecular weight excluding hydrogens is 389 g/mol. The van der Waals surface area contributed by atoms with Gasteiger partial charge < -0.3 is 19.7 Å². The molecule has 30 heavy (non-hydrogen) atoms. The van der Waals surface area contributed by atoms with Crippen LogP contribution in [0.3, 0.4) is 0 Å². The average Bonchev–Trinajstić information content (AvgIpc) is 3.15. The normalized spacial score (nSPS) is 13.2. The third kappa shape index (κ3) is 6.27. The zero-order valence-electron chi connectivity index (χ0n) is 18.6. The topological polar surface area (TPSA) is 90.8 Å². The zero-order chi connectivity index (χ0) is 22.5. The molecule has 1 aromatic carbocycles. The average molecular weight is 422 g/mol. The van der Waals surface area contributed by atoms with Crippen LogP contribution in [-0.4, -0.2) is 41.2 Å². The van der Waals surface area contributed by atoms with E-state index in [2.05, 4.69) is 5.16 Å². The van der Waals surface area contributed by atoms with Crippen LogP contribution in [-0.2, 0) is 16.0 Å². The van der Waals surface area contributed by atoms with Crippen molar-refractivity contribution in [2.24, 2.45) is 5.73 Å². The van der Waals surface area contributed by atoms with Gasteiger partial charge in [-0.1, -0.05) is 29.4 Å². The molecule has 0 aliphatic carbocycles. The van der Waals surface area contributed by atoms with Crippen LogP contribution in [0.25, 0.3) is 11.3 Å². The molecule has 0 spiro atoms. The Morgan fingerprint density at radius 3 is 2.37 bits per heavy atom. The molecule has 0 saturated carbocycles. The number of hydrogen-bond acceptors (Lipinski definition) is 6. The van der Waals surface area contributed by atoms with Gasteiger partial charge >= 0.3 is 6.09 Å². The molecule has 0 radical (unpaired) electrons. The SMILES string of the molecule is CN(C(=O)OC(C)(C)C)C(C)(C)OC(CCF)c1ccc(-c2cc(CN)no2)cc1. The number of hydrogen-bond donors (Lipinski definition) is 1. The minimum Gasteiger partial charge on any atom is -0.444 e. The van der Waals surface area contributed by atoms with Crippen LogP contribution in [0.15, 0.2) is 34.9 Å². The lowest BCUT2D eigenvalue weighted by Gasteiger charge is -2.39. The maximum Gasteiger partial charge on any atom is 0.412 e. The van der Waals surface area contributed by atoms with E-state index in [9.17, 15) is 9.18 Å². The molecule has 1 aromatic heterocycles. The molecule has 0 aliphatic rings. The molecular formula is C22H32FN3O4. The summed E-state index contributed by atoms with van der Waals surface area (Å²) in [7, 11) is 1.60. The largest absolute Gasteiger partial charge is 0.444 e. The van der Waals surface area contributed by atoms with Crippen molar-refractivity contribution >= 4 is 6.09 Å². The summed E-state index contributed by atoms with van der Waals surface area (Å²) in [5.41, 5.74) is 6.22. The Morgan fingerprint density at radius 1 is 1.23 bits per heavy atom. The summed E-state index contributed by atoms with van der Waals surface area (Å²) in [6.07, 6.45) is -0.897. The van der Waals surface area contributed by atoms with E-state index >= 15 is 0 Å². The standard InChI is InChI=1S/C22H32FN3O4/c1-21(2,3)29-20(27)26(6)22(4,5)28-18(11-12-23)15-7-9-16(10-8-15)19-13-17(14-24)25-30-19/h7-10,13,18H,11-12,14,24H2,1-6H3. The molecule has 0 fully saturated rings. The number of alkyl halides is 1. The molecule has 2 rings (SSSR count). The molecule has 1 atom stereocenters. The Kier molecular flexibility index (Phi) is 7.60. The highest BCUT2D eigenvalue weighted by Crippen LogP contribution is 2.31. The molecule has 7 nitrogen and oxygen atoms in total. The highest BCUT2D eigenvalue weighted by Gasteiger charge is 2.34. The van der Waals surface area contributed by atoms with E-state index in [4.69, 9.17) is 19.7 Å². The first-order valence-corrected chi connectivity index (χ1v) is 9.93. The van der Waals surface area contributed by atoms with Crippen LogP contribution < -0.4 is 5.73 Å². The van der Waals surface area contributed by atoms with Crippen molar-refractivity contribution in [3.63, 3.8) is 0 Å². The van der Waals surface area contributed by atoms with Crippen molar-refractivity contribution in [2.45, 2.75) is 65.0 Å². The first kappa shape index (κ1) is 23.8. The van der Waals surface area contributed by atoms with E-state index in [1.807, 2.05) is 24.3 Å². The molecule has 1 unspecified atom stereocenters. The van der Waals surface area contributed by atoms with Gasteiger partial charge in [-0.25, -0.2) is 4.79 Å². The predicted octanol–water partition coefficient (Wildman–Crippen LogP) is 4.82. The quantitative estimate of drug-likeness (QED) is 0.615. The van der Waals surface area contributed by atoms with Crippen LogP contribution in [0, 0.1) is 0 Å². The van der Waals surface area contributed by atoms with Gasteiger partial charge in [-0.05, 0) is 40.2 Å². The Hall–Kier alpha value is -2.45. The van der Waals surface area contributed by atoms with Gasteiger partial charge in [-0.15, -0.1) is 0 Å². The summed E-state index contributed by atoms with van der Waals surface area (Å²) in [4.78, 5) is 13.8. The molecule has 1 amide bonds. The second-order valence-electron chi connectivity index (χ2n) is 8.58. The van der Waals surface area contributed by atoms with Gasteiger partial charge in [0.1, 0.15) is 11.3 Å². The Bertz CT molecular complexity index is 828. The Morgan fingerprint density at radius 2 is 1.87 bits per heavy atom. The van der Waals surface area contributed by atoms with Crippen molar-refractivity contribution in [1.82, 2.24) is 10.1 Å². The Balaban J connectivity index is 2.17. The fourth-order valence-corrected chi connectivity index (χ4v) is 2.78. The first-order chi connectivity index (χ1) is 14.0. The van der Waals surface area contributed by atoms with Crippen LogP contribution in [0.2, 0.25) is 0 Å². The minimum atomic E-state index is -1.01. The lowest BCUT2D eigenvalue weighted by atomic mass is 10.0. The van der Waals surface area contributed by atoms with Crippen molar-refractivity contribution in [3.8, 4) is 11.3 Å². The maximum absolute atomic E-state index is 13.3. The molecule has 2 N–H and O–H groups in total. The summed E-state index contributed by atoms with van der Waals surface area (Å²) in [6.45, 7) is 8.63. The van der Waals surface area contributed by atoms with Gasteiger partial charge in [0.25, 0.3) is 0 Å². The summed E-state index contributed by atoms with van der Waals surface area (Å²) < 4.78 is 30.1. The molecule has 2 aromatic rings. The third-order valence-electron chi connectivity index (χ3n) is 4.61. The molecule has 0 bridgehead atoms. The summed E-state index contributed by atoms with van der Waals surface area (Å²) in [5.74, 6) is 0.606. The lowest BCUT2D eigenvalue weighted by molar-refractivity contribution is -0.155. The van der Waals surface area contributed by atoms with Crippen LogP contribution in [0.5, 0.6) is 0 Å². The number of nitrogens with two attached hydrogens (primary N) is 1. The molecule has 8 heteroatoms. The van der Waals surface area contributed by atoms with E-state index in [0.29, 0.717) is 18.0 Å². The number of nitrogens with zero attached hydrogens (tertiary/aromatic N) is 2. The van der Waals surface area contributed by atoms with E-state index in [-0.39, 0.29) is 6.42 Å². The highest BCUT2D eigenvalue weighted by molar-refractivity contribution is 5.68. The predicted molar refractivity (Wildman–Crippen MR) is 112 cm³/mol. The number of halogens is 1. The monoisotopic (exact) mass is 421 g/mol. The number of aromatic nitrogens is 1. The van der Waals surface area contributed by atoms with Gasteiger partial charge in [-0.2, -0.15) is 0 Å². The smallest absolute Gasteiger partial charge is 0.412 e. The number of carbonyl (C=O) groups excluding carboxylic acids is 1. The van der Waals surface area contributed by atoms with Crippen molar-refractivity contribution in [2.75, 3.05) is 13.7 Å². The van der Waals surface area contributed by atoms with Gasteiger partial charge in [0, 0.05) is 31.6 Å². The highest BCUT2D eigenvalue weighted by atomic mass is 19.1. The second kappa shape index (κ2) is 9.57. The number of rotatable bonds is 8. The number of amides is 1. The minimum absolute atomic E-state index is 0.157. The fourth-order valence-electron chi connectivity index (χ4n) is 2.78. The van der Waals surface area contributed by atoms with Crippen molar-refractivity contribution in [3.05, 3.63) is 41.6 Å². The summed E-state index contributed by atoms with van der Waals surface area (Å²) in [6, 6.07) is 9.20. The fraction of sp³-hybridized carbons (Fsp3) is 0.545. The van der Waals surface area contributed by atoms with Crippen LogP contribution >= 0.6 is 0 Å². The number of benzene rings is 1. The van der Waals surface area contributed by atoms with Crippen LogP contribution in [0.1, 0.15) is 58.4 Å². The molecule has 166 valence electrons. The van der Waals surface area contributed by atoms with E-state index < -0.39 is 30.2 Å². The van der Waals surface area contributed by atoms with E-state index in [0.717, 1.165) is 11.1 Å². The third-order valence-corrected chi connectivity index (χ3v) is 4.61. The van der Waals surface area contributed by atoms with Gasteiger partial charge in [0.2, 0.25) is 0 Å². The lowest BCUT2D eigenvalue weighted by Crippen LogP contribution is -2.49. The number of carbonyl (C=O) groups is 1. The van der Waals surface area contributed by atoms with Crippen LogP contribution in [0.4, 0.5) is 9.18 Å². The maximum atomic E-state index is 13.3. The zero-order valence-corrected chi connectivity index (χ0v) is 18.6. The van der Waals surface area contributed by atoms with E-state index in [1.54, 1.807) is 47.7 Å². The number of ether oxygens (including phenoxy) is 2. The second-order valence-corrected chi connectivity index (χ2v) is 8.58. The molecule has 1 heterocycles. The summed E-state index contributed by atoms with van der Waals surface area (Å²) in [5, 5.41) is 3.88. The first-order valence-electron chi connectivity index (χ1n) is 9.93. The molecule has 0 aliphatic heterocycles. The van der Waals surface area contributed by atoms with Gasteiger partial charge in [0.15, 0.2) is 5.76 Å². The van der Waals surface area contributed by atoms with Gasteiger partial charge in [0.05, 0.1) is 18.5 Å². The van der Waals surface area contributed by atoms with E-state index in [1.165, 1.54) is 4.90 Å². The Labute approximate surface area is 177 Å². The summed E-state index contributed by atoms with van der Waals surface area (Å²) >= 11 is 0.